The Kier molecular flexibility index (Phi) is 3.86. The molecule has 17 heavy (non-hydrogen) atoms. The molecule has 0 aromatic carbocycles. The summed E-state index contributed by atoms with van der Waals surface area (Å²) in [5, 5.41) is 0. The molecule has 1 aromatic rings. The summed E-state index contributed by atoms with van der Waals surface area (Å²) in [6, 6.07) is 4.13. The first-order chi connectivity index (χ1) is 8.14. The largest absolute Gasteiger partial charge is 0.469 e. The fourth-order valence-corrected chi connectivity index (χ4v) is 2.66. The van der Waals surface area contributed by atoms with E-state index in [2.05, 4.69) is 24.2 Å². The standard InChI is InChI=1S/C13H23N3O/c1-13(2,16-7-3-4-8-16)12(15-14)10-11-6-5-9-17-11/h5-6,9,12,15H,3-4,7-8,10,14H2,1-2H3. The van der Waals surface area contributed by atoms with Gasteiger partial charge >= 0.3 is 0 Å². The maximum Gasteiger partial charge on any atom is 0.105 e. The van der Waals surface area contributed by atoms with E-state index in [0.717, 1.165) is 12.2 Å². The van der Waals surface area contributed by atoms with Crippen molar-refractivity contribution >= 4 is 0 Å². The molecule has 96 valence electrons. The number of hydrogen-bond acceptors (Lipinski definition) is 4. The Morgan fingerprint density at radius 1 is 1.47 bits per heavy atom. The summed E-state index contributed by atoms with van der Waals surface area (Å²) < 4.78 is 5.41. The van der Waals surface area contributed by atoms with Crippen molar-refractivity contribution in [1.29, 1.82) is 0 Å². The maximum atomic E-state index is 5.72. The predicted molar refractivity (Wildman–Crippen MR) is 68.4 cm³/mol. The highest BCUT2D eigenvalue weighted by Gasteiger charge is 2.36. The van der Waals surface area contributed by atoms with E-state index in [1.165, 1.54) is 25.9 Å². The van der Waals surface area contributed by atoms with Crippen LogP contribution in [-0.2, 0) is 6.42 Å². The quantitative estimate of drug-likeness (QED) is 0.602. The molecule has 4 nitrogen and oxygen atoms in total. The normalized spacial score (nSPS) is 19.7. The first kappa shape index (κ1) is 12.6. The molecule has 0 amide bonds. The lowest BCUT2D eigenvalue weighted by Crippen LogP contribution is -2.59. The van der Waals surface area contributed by atoms with Crippen LogP contribution in [0, 0.1) is 0 Å². The second kappa shape index (κ2) is 5.21. The minimum atomic E-state index is 0.0536. The van der Waals surface area contributed by atoms with E-state index in [9.17, 15) is 0 Å². The van der Waals surface area contributed by atoms with Crippen molar-refractivity contribution in [2.45, 2.75) is 44.7 Å². The van der Waals surface area contributed by atoms with Crippen molar-refractivity contribution in [3.8, 4) is 0 Å². The van der Waals surface area contributed by atoms with Crippen LogP contribution in [-0.4, -0.2) is 29.6 Å². The van der Waals surface area contributed by atoms with Crippen molar-refractivity contribution in [1.82, 2.24) is 10.3 Å². The van der Waals surface area contributed by atoms with E-state index in [1.54, 1.807) is 6.26 Å². The van der Waals surface area contributed by atoms with E-state index in [-0.39, 0.29) is 11.6 Å². The number of rotatable bonds is 5. The van der Waals surface area contributed by atoms with E-state index in [1.807, 2.05) is 12.1 Å². The van der Waals surface area contributed by atoms with Crippen LogP contribution >= 0.6 is 0 Å². The minimum Gasteiger partial charge on any atom is -0.469 e. The summed E-state index contributed by atoms with van der Waals surface area (Å²) in [6.07, 6.45) is 5.13. The molecular weight excluding hydrogens is 214 g/mol. The third-order valence-corrected chi connectivity index (χ3v) is 3.96. The van der Waals surface area contributed by atoms with Gasteiger partial charge in [0.05, 0.1) is 6.26 Å². The van der Waals surface area contributed by atoms with Gasteiger partial charge in [-0.25, -0.2) is 0 Å². The van der Waals surface area contributed by atoms with Crippen LogP contribution in [0.2, 0.25) is 0 Å². The smallest absolute Gasteiger partial charge is 0.105 e. The molecule has 1 saturated heterocycles. The Labute approximate surface area is 103 Å². The second-order valence-electron chi connectivity index (χ2n) is 5.35. The van der Waals surface area contributed by atoms with Gasteiger partial charge in [-0.05, 0) is 51.9 Å². The Morgan fingerprint density at radius 3 is 2.71 bits per heavy atom. The van der Waals surface area contributed by atoms with Crippen LogP contribution < -0.4 is 11.3 Å². The van der Waals surface area contributed by atoms with Crippen LogP contribution in [0.25, 0.3) is 0 Å². The minimum absolute atomic E-state index is 0.0536. The molecule has 0 bridgehead atoms. The zero-order valence-corrected chi connectivity index (χ0v) is 10.8. The fraction of sp³-hybridized carbons (Fsp3) is 0.692. The Balaban J connectivity index is 2.05. The molecule has 0 saturated carbocycles. The van der Waals surface area contributed by atoms with Gasteiger partial charge in [0, 0.05) is 18.0 Å². The summed E-state index contributed by atoms with van der Waals surface area (Å²) in [4.78, 5) is 2.51. The second-order valence-corrected chi connectivity index (χ2v) is 5.35. The predicted octanol–water partition coefficient (Wildman–Crippen LogP) is 1.53. The number of nitrogens with two attached hydrogens (primary N) is 1. The van der Waals surface area contributed by atoms with E-state index in [4.69, 9.17) is 10.3 Å². The monoisotopic (exact) mass is 237 g/mol. The molecule has 3 N–H and O–H groups in total. The van der Waals surface area contributed by atoms with Gasteiger partial charge in [0.1, 0.15) is 5.76 Å². The number of hydrazine groups is 1. The SMILES string of the molecule is CC(C)(C(Cc1ccco1)NN)N1CCCC1. The summed E-state index contributed by atoms with van der Waals surface area (Å²) in [5.74, 6) is 6.71. The Bertz CT molecular complexity index is 328. The molecule has 1 atom stereocenters. The highest BCUT2D eigenvalue weighted by atomic mass is 16.3. The van der Waals surface area contributed by atoms with Gasteiger partial charge in [-0.1, -0.05) is 0 Å². The average molecular weight is 237 g/mol. The summed E-state index contributed by atoms with van der Waals surface area (Å²) in [7, 11) is 0. The van der Waals surface area contributed by atoms with Gasteiger partial charge in [-0.3, -0.25) is 16.2 Å². The fourth-order valence-electron chi connectivity index (χ4n) is 2.66. The number of nitrogens with zero attached hydrogens (tertiary/aromatic N) is 1. The molecule has 0 aliphatic carbocycles. The van der Waals surface area contributed by atoms with Crippen molar-refractivity contribution in [2.24, 2.45) is 5.84 Å². The third kappa shape index (κ3) is 2.70. The zero-order valence-electron chi connectivity index (χ0n) is 10.8. The van der Waals surface area contributed by atoms with Crippen LogP contribution in [0.15, 0.2) is 22.8 Å². The van der Waals surface area contributed by atoms with Crippen molar-refractivity contribution in [3.05, 3.63) is 24.2 Å². The highest BCUT2D eigenvalue weighted by molar-refractivity contribution is 5.05. The lowest BCUT2D eigenvalue weighted by Gasteiger charge is -2.41. The van der Waals surface area contributed by atoms with Gasteiger partial charge < -0.3 is 4.42 Å². The molecule has 1 aromatic heterocycles. The van der Waals surface area contributed by atoms with Gasteiger partial charge in [0.25, 0.3) is 0 Å². The van der Waals surface area contributed by atoms with Gasteiger partial charge in [0.2, 0.25) is 0 Å². The molecule has 0 spiro atoms. The van der Waals surface area contributed by atoms with Crippen LogP contribution in [0.1, 0.15) is 32.4 Å². The van der Waals surface area contributed by atoms with Crippen molar-refractivity contribution < 1.29 is 4.42 Å². The van der Waals surface area contributed by atoms with E-state index in [0.29, 0.717) is 0 Å². The molecule has 4 heteroatoms. The lowest BCUT2D eigenvalue weighted by molar-refractivity contribution is 0.104. The van der Waals surface area contributed by atoms with Crippen LogP contribution in [0.5, 0.6) is 0 Å². The molecule has 2 rings (SSSR count). The van der Waals surface area contributed by atoms with Crippen molar-refractivity contribution in [3.63, 3.8) is 0 Å². The Morgan fingerprint density at radius 2 is 2.18 bits per heavy atom. The topological polar surface area (TPSA) is 54.4 Å². The number of furan rings is 1. The highest BCUT2D eigenvalue weighted by Crippen LogP contribution is 2.26. The molecule has 1 fully saturated rings. The molecule has 2 heterocycles. The Hall–Kier alpha value is -0.840. The van der Waals surface area contributed by atoms with Gasteiger partial charge in [-0.15, -0.1) is 0 Å². The summed E-state index contributed by atoms with van der Waals surface area (Å²) in [5.41, 5.74) is 3.01. The van der Waals surface area contributed by atoms with Gasteiger partial charge in [-0.2, -0.15) is 0 Å². The van der Waals surface area contributed by atoms with Gasteiger partial charge in [0.15, 0.2) is 0 Å². The molecule has 1 aliphatic heterocycles. The first-order valence-electron chi connectivity index (χ1n) is 6.38. The van der Waals surface area contributed by atoms with Crippen LogP contribution in [0.4, 0.5) is 0 Å². The number of hydrogen-bond donors (Lipinski definition) is 2. The average Bonchev–Trinajstić information content (AvgIpc) is 2.98. The van der Waals surface area contributed by atoms with E-state index < -0.39 is 0 Å². The van der Waals surface area contributed by atoms with Crippen molar-refractivity contribution in [2.75, 3.05) is 13.1 Å². The number of likely N-dealkylation sites (tertiary alicyclic amines) is 1. The lowest BCUT2D eigenvalue weighted by atomic mass is 9.90. The maximum absolute atomic E-state index is 5.72. The molecule has 0 radical (unpaired) electrons. The molecule has 1 aliphatic rings. The molecular formula is C13H23N3O. The number of nitrogens with one attached hydrogen (secondary N) is 1. The third-order valence-electron chi connectivity index (χ3n) is 3.96. The first-order valence-corrected chi connectivity index (χ1v) is 6.38. The summed E-state index contributed by atoms with van der Waals surface area (Å²) in [6.45, 7) is 6.85. The molecule has 1 unspecified atom stereocenters. The summed E-state index contributed by atoms with van der Waals surface area (Å²) >= 11 is 0. The van der Waals surface area contributed by atoms with E-state index >= 15 is 0 Å². The van der Waals surface area contributed by atoms with Crippen LogP contribution in [0.3, 0.4) is 0 Å². The zero-order chi connectivity index (χ0) is 12.3.